The summed E-state index contributed by atoms with van der Waals surface area (Å²) >= 11 is 0. The number of hydrogen-bond acceptors (Lipinski definition) is 5. The molecule has 1 heterocycles. The second-order valence-corrected chi connectivity index (χ2v) is 9.29. The number of nitrogens with one attached hydrogen (secondary N) is 2. The van der Waals surface area contributed by atoms with Crippen LogP contribution < -0.4 is 16.0 Å². The lowest BCUT2D eigenvalue weighted by Gasteiger charge is -2.38. The number of rotatable bonds is 8. The zero-order chi connectivity index (χ0) is 25.6. The molecule has 1 unspecified atom stereocenters. The molecule has 0 aliphatic carbocycles. The lowest BCUT2D eigenvalue weighted by Crippen LogP contribution is -2.54. The van der Waals surface area contributed by atoms with E-state index in [1.165, 1.54) is 0 Å². The Bertz CT molecular complexity index is 1290. The van der Waals surface area contributed by atoms with E-state index in [4.69, 9.17) is 5.10 Å². The van der Waals surface area contributed by atoms with Gasteiger partial charge in [0.15, 0.2) is 11.9 Å². The van der Waals surface area contributed by atoms with Crippen LogP contribution in [0.5, 0.6) is 0 Å². The van der Waals surface area contributed by atoms with Crippen LogP contribution in [0.15, 0.2) is 126 Å². The molecule has 4 aromatic carbocycles. The molecule has 6 heteroatoms. The Labute approximate surface area is 218 Å². The van der Waals surface area contributed by atoms with Gasteiger partial charge in [-0.25, -0.2) is 5.01 Å². The van der Waals surface area contributed by atoms with Gasteiger partial charge in [0.05, 0.1) is 11.6 Å². The predicted molar refractivity (Wildman–Crippen MR) is 149 cm³/mol. The van der Waals surface area contributed by atoms with Crippen molar-refractivity contribution in [2.75, 3.05) is 5.12 Å². The second kappa shape index (κ2) is 11.0. The van der Waals surface area contributed by atoms with E-state index in [0.29, 0.717) is 0 Å². The lowest BCUT2D eigenvalue weighted by atomic mass is 9.89. The van der Waals surface area contributed by atoms with Gasteiger partial charge in [0.2, 0.25) is 5.91 Å². The van der Waals surface area contributed by atoms with Crippen LogP contribution >= 0.6 is 0 Å². The van der Waals surface area contributed by atoms with Gasteiger partial charge in [0, 0.05) is 6.04 Å². The summed E-state index contributed by atoms with van der Waals surface area (Å²) in [5.41, 5.74) is 7.14. The number of carbonyl (C=O) groups excluding carboxylic acids is 1. The standard InChI is InChI=1S/C31H31N5O/c1-23(2)32-31(37)29(26-19-11-5-12-20-26)35-30(33-34-36(35)27-21-13-6-14-22-27)28(24-15-7-3-8-16-24)25-17-9-4-10-18-25/h3-23,28-29,34H,1-2H3,(H,32,37). The Hall–Kier alpha value is -4.58. The maximum absolute atomic E-state index is 13.9. The Morgan fingerprint density at radius 3 is 1.65 bits per heavy atom. The summed E-state index contributed by atoms with van der Waals surface area (Å²) in [6.45, 7) is 3.95. The summed E-state index contributed by atoms with van der Waals surface area (Å²) in [6.07, 6.45) is 0. The largest absolute Gasteiger partial charge is 0.352 e. The number of hydrogen-bond donors (Lipinski definition) is 2. The normalized spacial score (nSPS) is 13.9. The zero-order valence-electron chi connectivity index (χ0n) is 21.0. The van der Waals surface area contributed by atoms with Gasteiger partial charge in [-0.05, 0) is 42.7 Å². The van der Waals surface area contributed by atoms with Gasteiger partial charge in [0.1, 0.15) is 0 Å². The first-order valence-corrected chi connectivity index (χ1v) is 12.6. The Balaban J connectivity index is 1.69. The summed E-state index contributed by atoms with van der Waals surface area (Å²) in [4.78, 5) is 13.9. The molecule has 0 aromatic heterocycles. The smallest absolute Gasteiger partial charge is 0.249 e. The van der Waals surface area contributed by atoms with Crippen molar-refractivity contribution >= 4 is 17.4 Å². The summed E-state index contributed by atoms with van der Waals surface area (Å²) in [7, 11) is 0. The fraction of sp³-hybridized carbons (Fsp3) is 0.161. The number of amides is 1. The van der Waals surface area contributed by atoms with Gasteiger partial charge in [-0.1, -0.05) is 109 Å². The van der Waals surface area contributed by atoms with Crippen LogP contribution in [0, 0.1) is 0 Å². The average Bonchev–Trinajstić information content (AvgIpc) is 3.35. The van der Waals surface area contributed by atoms with Crippen molar-refractivity contribution in [3.8, 4) is 0 Å². The van der Waals surface area contributed by atoms with Gasteiger partial charge >= 0.3 is 0 Å². The minimum atomic E-state index is -0.660. The minimum absolute atomic E-state index is 0.0149. The molecule has 37 heavy (non-hydrogen) atoms. The first-order chi connectivity index (χ1) is 18.1. The van der Waals surface area contributed by atoms with Gasteiger partial charge in [0.25, 0.3) is 0 Å². The number of para-hydroxylation sites is 1. The van der Waals surface area contributed by atoms with E-state index < -0.39 is 6.04 Å². The molecule has 1 aliphatic heterocycles. The molecular formula is C31H31N5O. The van der Waals surface area contributed by atoms with Gasteiger partial charge in [-0.15, -0.1) is 5.10 Å². The molecule has 1 atom stereocenters. The van der Waals surface area contributed by atoms with Crippen molar-refractivity contribution in [1.82, 2.24) is 15.9 Å². The number of carbonyl (C=O) groups is 1. The molecule has 1 aliphatic rings. The molecule has 0 bridgehead atoms. The third kappa shape index (κ3) is 5.19. The molecule has 0 radical (unpaired) electrons. The highest BCUT2D eigenvalue weighted by Crippen LogP contribution is 2.36. The SMILES string of the molecule is CC(C)NC(=O)C(c1ccccc1)N1C(C(c2ccccc2)c2ccccc2)=NNN1c1ccccc1. The number of hydrazone groups is 1. The fourth-order valence-electron chi connectivity index (χ4n) is 4.68. The van der Waals surface area contributed by atoms with Crippen molar-refractivity contribution < 1.29 is 4.79 Å². The molecule has 4 aromatic rings. The molecule has 0 saturated heterocycles. The fourth-order valence-corrected chi connectivity index (χ4v) is 4.68. The number of hydrazine groups is 2. The van der Waals surface area contributed by atoms with E-state index in [2.05, 4.69) is 35.1 Å². The third-order valence-corrected chi connectivity index (χ3v) is 6.27. The zero-order valence-corrected chi connectivity index (χ0v) is 21.0. The third-order valence-electron chi connectivity index (χ3n) is 6.27. The lowest BCUT2D eigenvalue weighted by molar-refractivity contribution is -0.126. The molecule has 6 nitrogen and oxygen atoms in total. The van der Waals surface area contributed by atoms with Crippen LogP contribution in [0.2, 0.25) is 0 Å². The summed E-state index contributed by atoms with van der Waals surface area (Å²) in [6, 6.07) is 39.7. The molecule has 2 N–H and O–H groups in total. The van der Waals surface area contributed by atoms with Crippen molar-refractivity contribution in [2.24, 2.45) is 5.10 Å². The predicted octanol–water partition coefficient (Wildman–Crippen LogP) is 5.64. The number of nitrogens with zero attached hydrogens (tertiary/aromatic N) is 3. The van der Waals surface area contributed by atoms with Crippen molar-refractivity contribution in [1.29, 1.82) is 0 Å². The summed E-state index contributed by atoms with van der Waals surface area (Å²) < 4.78 is 0. The number of anilines is 1. The first-order valence-electron chi connectivity index (χ1n) is 12.6. The number of benzene rings is 4. The summed E-state index contributed by atoms with van der Waals surface area (Å²) in [5, 5.41) is 11.9. The topological polar surface area (TPSA) is 60.0 Å². The minimum Gasteiger partial charge on any atom is -0.352 e. The Morgan fingerprint density at radius 2 is 1.16 bits per heavy atom. The van der Waals surface area contributed by atoms with Crippen molar-refractivity contribution in [3.05, 3.63) is 138 Å². The second-order valence-electron chi connectivity index (χ2n) is 9.29. The summed E-state index contributed by atoms with van der Waals surface area (Å²) in [5.74, 6) is 0.425. The first kappa shape index (κ1) is 24.1. The van der Waals surface area contributed by atoms with Crippen LogP contribution in [0.4, 0.5) is 5.69 Å². The molecule has 5 rings (SSSR count). The van der Waals surface area contributed by atoms with Crippen molar-refractivity contribution in [3.63, 3.8) is 0 Å². The van der Waals surface area contributed by atoms with E-state index in [1.54, 1.807) is 0 Å². The van der Waals surface area contributed by atoms with E-state index in [1.807, 2.05) is 121 Å². The molecular weight excluding hydrogens is 458 g/mol. The Kier molecular flexibility index (Phi) is 7.17. The molecule has 186 valence electrons. The van der Waals surface area contributed by atoms with Crippen LogP contribution in [-0.4, -0.2) is 22.8 Å². The molecule has 0 fully saturated rings. The quantitative estimate of drug-likeness (QED) is 0.336. The Morgan fingerprint density at radius 1 is 0.703 bits per heavy atom. The van der Waals surface area contributed by atoms with Gasteiger partial charge < -0.3 is 5.32 Å². The van der Waals surface area contributed by atoms with Crippen LogP contribution in [0.1, 0.15) is 42.5 Å². The van der Waals surface area contributed by atoms with E-state index in [0.717, 1.165) is 28.2 Å². The highest BCUT2D eigenvalue weighted by molar-refractivity contribution is 5.98. The van der Waals surface area contributed by atoms with E-state index in [9.17, 15) is 4.79 Å². The van der Waals surface area contributed by atoms with Crippen LogP contribution in [0.3, 0.4) is 0 Å². The molecule has 0 spiro atoms. The van der Waals surface area contributed by atoms with E-state index in [-0.39, 0.29) is 17.9 Å². The van der Waals surface area contributed by atoms with Gasteiger partial charge in [-0.2, -0.15) is 10.7 Å². The van der Waals surface area contributed by atoms with Crippen molar-refractivity contribution in [2.45, 2.75) is 31.8 Å². The van der Waals surface area contributed by atoms with Crippen LogP contribution in [-0.2, 0) is 4.79 Å². The number of amidine groups is 1. The van der Waals surface area contributed by atoms with Gasteiger partial charge in [-0.3, -0.25) is 4.79 Å². The monoisotopic (exact) mass is 489 g/mol. The maximum Gasteiger partial charge on any atom is 0.249 e. The average molecular weight is 490 g/mol. The molecule has 1 amide bonds. The van der Waals surface area contributed by atoms with Crippen LogP contribution in [0.25, 0.3) is 0 Å². The van der Waals surface area contributed by atoms with E-state index >= 15 is 0 Å². The highest BCUT2D eigenvalue weighted by atomic mass is 16.2. The highest BCUT2D eigenvalue weighted by Gasteiger charge is 2.42. The maximum atomic E-state index is 13.9. The molecule has 0 saturated carbocycles.